The van der Waals surface area contributed by atoms with E-state index in [0.29, 0.717) is 18.7 Å². The Kier molecular flexibility index (Phi) is 6.78. The van der Waals surface area contributed by atoms with E-state index in [-0.39, 0.29) is 18.6 Å². The van der Waals surface area contributed by atoms with E-state index in [1.54, 1.807) is 6.07 Å². The molecule has 1 atom stereocenters. The van der Waals surface area contributed by atoms with Crippen LogP contribution in [-0.4, -0.2) is 36.9 Å². The van der Waals surface area contributed by atoms with Gasteiger partial charge in [-0.25, -0.2) is 0 Å². The molecule has 20 heavy (non-hydrogen) atoms. The lowest BCUT2D eigenvalue weighted by atomic mass is 10.1. The summed E-state index contributed by atoms with van der Waals surface area (Å²) in [5.74, 6) is 5.24. The highest BCUT2D eigenvalue weighted by atomic mass is 16.5. The molecule has 2 N–H and O–H groups in total. The average molecular weight is 275 g/mol. The summed E-state index contributed by atoms with van der Waals surface area (Å²) in [5, 5.41) is 11.5. The second kappa shape index (κ2) is 8.36. The number of ether oxygens (including phenoxy) is 1. The molecule has 0 aliphatic carbocycles. The molecule has 0 heterocycles. The van der Waals surface area contributed by atoms with E-state index in [2.05, 4.69) is 17.2 Å². The summed E-state index contributed by atoms with van der Waals surface area (Å²) in [6, 6.07) is 5.41. The van der Waals surface area contributed by atoms with Crippen molar-refractivity contribution in [3.63, 3.8) is 0 Å². The molecule has 0 aliphatic rings. The van der Waals surface area contributed by atoms with E-state index in [1.807, 2.05) is 32.9 Å². The minimum absolute atomic E-state index is 0.0117. The van der Waals surface area contributed by atoms with Gasteiger partial charge in [0.2, 0.25) is 0 Å². The van der Waals surface area contributed by atoms with Crippen LogP contribution in [0.25, 0.3) is 0 Å². The molecule has 0 fully saturated rings. The van der Waals surface area contributed by atoms with Crippen molar-refractivity contribution in [2.24, 2.45) is 0 Å². The van der Waals surface area contributed by atoms with Gasteiger partial charge >= 0.3 is 0 Å². The molecule has 4 heteroatoms. The molecule has 0 aromatic heterocycles. The summed E-state index contributed by atoms with van der Waals surface area (Å²) >= 11 is 0. The summed E-state index contributed by atoms with van der Waals surface area (Å²) in [4.78, 5) is 12.1. The zero-order valence-electron chi connectivity index (χ0n) is 12.2. The van der Waals surface area contributed by atoms with Crippen LogP contribution in [0.2, 0.25) is 0 Å². The predicted octanol–water partition coefficient (Wildman–Crippen LogP) is 1.49. The molecule has 1 unspecified atom stereocenters. The highest BCUT2D eigenvalue weighted by Crippen LogP contribution is 2.09. The molecule has 108 valence electrons. The first kappa shape index (κ1) is 16.2. The van der Waals surface area contributed by atoms with E-state index in [4.69, 9.17) is 9.84 Å². The normalized spacial score (nSPS) is 11.4. The molecule has 1 amide bonds. The fourth-order valence-corrected chi connectivity index (χ4v) is 1.81. The summed E-state index contributed by atoms with van der Waals surface area (Å²) in [7, 11) is 0. The molecule has 4 nitrogen and oxygen atoms in total. The molecule has 0 spiro atoms. The van der Waals surface area contributed by atoms with Gasteiger partial charge in [0.1, 0.15) is 6.61 Å². The molecule has 0 bridgehead atoms. The summed E-state index contributed by atoms with van der Waals surface area (Å²) in [5.41, 5.74) is 2.25. The van der Waals surface area contributed by atoms with Crippen molar-refractivity contribution >= 4 is 5.91 Å². The molecule has 0 radical (unpaired) electrons. The number of amides is 1. The quantitative estimate of drug-likeness (QED) is 0.801. The molecule has 1 aromatic rings. The number of rotatable bonds is 5. The van der Waals surface area contributed by atoms with Crippen molar-refractivity contribution < 1.29 is 14.6 Å². The van der Waals surface area contributed by atoms with Gasteiger partial charge in [0.15, 0.2) is 0 Å². The Balaban J connectivity index is 2.75. The third kappa shape index (κ3) is 5.43. The topological polar surface area (TPSA) is 58.6 Å². The minimum Gasteiger partial charge on any atom is -0.384 e. The maximum Gasteiger partial charge on any atom is 0.251 e. The molecule has 0 aliphatic heterocycles. The number of hydrogen-bond donors (Lipinski definition) is 2. The van der Waals surface area contributed by atoms with Crippen LogP contribution in [0.1, 0.15) is 35.3 Å². The van der Waals surface area contributed by atoms with Crippen LogP contribution < -0.4 is 5.32 Å². The summed E-state index contributed by atoms with van der Waals surface area (Å²) in [6.45, 7) is 6.65. The van der Waals surface area contributed by atoms with Crippen LogP contribution >= 0.6 is 0 Å². The van der Waals surface area contributed by atoms with E-state index >= 15 is 0 Å². The predicted molar refractivity (Wildman–Crippen MR) is 78.6 cm³/mol. The van der Waals surface area contributed by atoms with E-state index in [0.717, 1.165) is 11.1 Å². The maximum absolute atomic E-state index is 12.1. The second-order valence-electron chi connectivity index (χ2n) is 4.52. The Morgan fingerprint density at radius 3 is 2.85 bits per heavy atom. The molecule has 0 saturated heterocycles. The Bertz CT molecular complexity index is 514. The Labute approximate surface area is 120 Å². The van der Waals surface area contributed by atoms with E-state index < -0.39 is 0 Å². The van der Waals surface area contributed by atoms with Crippen molar-refractivity contribution in [2.75, 3.05) is 19.8 Å². The van der Waals surface area contributed by atoms with Crippen LogP contribution in [0, 0.1) is 18.8 Å². The van der Waals surface area contributed by atoms with Crippen LogP contribution in [0.4, 0.5) is 0 Å². The largest absolute Gasteiger partial charge is 0.384 e. The number of hydrogen-bond acceptors (Lipinski definition) is 3. The van der Waals surface area contributed by atoms with Gasteiger partial charge in [-0.2, -0.15) is 0 Å². The Morgan fingerprint density at radius 2 is 2.20 bits per heavy atom. The first-order valence-electron chi connectivity index (χ1n) is 6.68. The number of aliphatic hydroxyl groups is 1. The number of carbonyl (C=O) groups excluding carboxylic acids is 1. The smallest absolute Gasteiger partial charge is 0.251 e. The number of carbonyl (C=O) groups is 1. The van der Waals surface area contributed by atoms with Gasteiger partial charge < -0.3 is 15.2 Å². The fourth-order valence-electron chi connectivity index (χ4n) is 1.81. The van der Waals surface area contributed by atoms with Gasteiger partial charge in [0, 0.05) is 24.3 Å². The fraction of sp³-hybridized carbons (Fsp3) is 0.438. The van der Waals surface area contributed by atoms with Crippen molar-refractivity contribution in [1.29, 1.82) is 0 Å². The van der Waals surface area contributed by atoms with Gasteiger partial charge in [-0.05, 0) is 44.5 Å². The van der Waals surface area contributed by atoms with Gasteiger partial charge in [-0.1, -0.05) is 11.8 Å². The zero-order valence-corrected chi connectivity index (χ0v) is 12.2. The Morgan fingerprint density at radius 1 is 1.45 bits per heavy atom. The number of benzene rings is 1. The van der Waals surface area contributed by atoms with Crippen LogP contribution in [-0.2, 0) is 4.74 Å². The standard InChI is InChI=1S/C16H21NO3/c1-4-20-13(3)11-17-16(19)15-9-12(2)8-14(10-15)6-5-7-18/h8-10,13,18H,4,7,11H2,1-3H3,(H,17,19). The molecular formula is C16H21NO3. The number of nitrogens with one attached hydrogen (secondary N) is 1. The lowest BCUT2D eigenvalue weighted by Gasteiger charge is -2.13. The third-order valence-electron chi connectivity index (χ3n) is 2.65. The average Bonchev–Trinajstić information content (AvgIpc) is 2.42. The minimum atomic E-state index is -0.193. The monoisotopic (exact) mass is 275 g/mol. The summed E-state index contributed by atoms with van der Waals surface area (Å²) in [6.07, 6.45) is -0.0117. The van der Waals surface area contributed by atoms with Crippen molar-refractivity contribution in [1.82, 2.24) is 5.32 Å². The third-order valence-corrected chi connectivity index (χ3v) is 2.65. The zero-order chi connectivity index (χ0) is 15.0. The van der Waals surface area contributed by atoms with E-state index in [1.165, 1.54) is 0 Å². The highest BCUT2D eigenvalue weighted by Gasteiger charge is 2.09. The molecule has 1 aromatic carbocycles. The van der Waals surface area contributed by atoms with Crippen LogP contribution in [0.15, 0.2) is 18.2 Å². The van der Waals surface area contributed by atoms with Gasteiger partial charge in [-0.15, -0.1) is 0 Å². The van der Waals surface area contributed by atoms with Crippen LogP contribution in [0.3, 0.4) is 0 Å². The highest BCUT2D eigenvalue weighted by molar-refractivity contribution is 5.94. The van der Waals surface area contributed by atoms with Gasteiger partial charge in [0.25, 0.3) is 5.91 Å². The number of aliphatic hydroxyl groups excluding tert-OH is 1. The first-order chi connectivity index (χ1) is 9.56. The van der Waals surface area contributed by atoms with Gasteiger partial charge in [0.05, 0.1) is 6.10 Å². The molecule has 1 rings (SSSR count). The maximum atomic E-state index is 12.1. The van der Waals surface area contributed by atoms with Crippen LogP contribution in [0.5, 0.6) is 0 Å². The number of aryl methyl sites for hydroxylation is 1. The second-order valence-corrected chi connectivity index (χ2v) is 4.52. The Hall–Kier alpha value is -1.83. The molecular weight excluding hydrogens is 254 g/mol. The summed E-state index contributed by atoms with van der Waals surface area (Å²) < 4.78 is 5.36. The van der Waals surface area contributed by atoms with Crippen molar-refractivity contribution in [2.45, 2.75) is 26.9 Å². The van der Waals surface area contributed by atoms with Crippen molar-refractivity contribution in [3.05, 3.63) is 34.9 Å². The lowest BCUT2D eigenvalue weighted by molar-refractivity contribution is 0.0695. The van der Waals surface area contributed by atoms with E-state index in [9.17, 15) is 4.79 Å². The first-order valence-corrected chi connectivity index (χ1v) is 6.68. The lowest BCUT2D eigenvalue weighted by Crippen LogP contribution is -2.32. The van der Waals surface area contributed by atoms with Crippen molar-refractivity contribution in [3.8, 4) is 11.8 Å². The van der Waals surface area contributed by atoms with Gasteiger partial charge in [-0.3, -0.25) is 4.79 Å². The molecule has 0 saturated carbocycles. The SMILES string of the molecule is CCOC(C)CNC(=O)c1cc(C)cc(C#CCO)c1.